The van der Waals surface area contributed by atoms with Crippen LogP contribution >= 0.6 is 0 Å². The van der Waals surface area contributed by atoms with Gasteiger partial charge in [-0.25, -0.2) is 0 Å². The zero-order valence-corrected chi connectivity index (χ0v) is 11.6. The molecule has 0 amide bonds. The van der Waals surface area contributed by atoms with E-state index in [-0.39, 0.29) is 6.04 Å². The quantitative estimate of drug-likeness (QED) is 0.656. The Bertz CT molecular complexity index is 428. The molecule has 1 aliphatic rings. The van der Waals surface area contributed by atoms with Gasteiger partial charge >= 0.3 is 6.18 Å². The van der Waals surface area contributed by atoms with Gasteiger partial charge in [0.2, 0.25) is 0 Å². The summed E-state index contributed by atoms with van der Waals surface area (Å²) in [4.78, 5) is 0. The molecule has 1 aliphatic carbocycles. The first-order chi connectivity index (χ1) is 9.41. The lowest BCUT2D eigenvalue weighted by Crippen LogP contribution is -2.43. The predicted molar refractivity (Wildman–Crippen MR) is 72.8 cm³/mol. The van der Waals surface area contributed by atoms with E-state index in [9.17, 15) is 13.2 Å². The van der Waals surface area contributed by atoms with E-state index in [2.05, 4.69) is 12.3 Å². The lowest BCUT2D eigenvalue weighted by Gasteiger charge is -2.26. The van der Waals surface area contributed by atoms with Crippen LogP contribution in [0.3, 0.4) is 0 Å². The number of rotatable bonds is 4. The molecule has 0 heterocycles. The first-order valence-electron chi connectivity index (χ1n) is 7.04. The summed E-state index contributed by atoms with van der Waals surface area (Å²) in [6.45, 7) is 2.22. The topological polar surface area (TPSA) is 38.0 Å². The highest BCUT2D eigenvalue weighted by atomic mass is 19.4. The smallest absolute Gasteiger partial charge is 0.271 e. The minimum absolute atomic E-state index is 0.129. The van der Waals surface area contributed by atoms with Crippen LogP contribution in [0.4, 0.5) is 13.2 Å². The standard InChI is InChI=1S/C15H21F3N2/c1-10-3-2-4-13(10)14(20-19)9-11-5-7-12(8-6-11)15(16,17)18/h5-8,10,13-14,20H,2-4,9,19H2,1H3. The van der Waals surface area contributed by atoms with Crippen molar-refractivity contribution in [2.75, 3.05) is 0 Å². The lowest BCUT2D eigenvalue weighted by molar-refractivity contribution is -0.137. The highest BCUT2D eigenvalue weighted by Gasteiger charge is 2.32. The van der Waals surface area contributed by atoms with Gasteiger partial charge in [0, 0.05) is 6.04 Å². The number of halogens is 3. The Morgan fingerprint density at radius 3 is 2.35 bits per heavy atom. The zero-order valence-electron chi connectivity index (χ0n) is 11.6. The van der Waals surface area contributed by atoms with Gasteiger partial charge in [-0.3, -0.25) is 11.3 Å². The molecule has 3 atom stereocenters. The first-order valence-corrected chi connectivity index (χ1v) is 7.04. The molecular formula is C15H21F3N2. The van der Waals surface area contributed by atoms with Crippen LogP contribution in [0.25, 0.3) is 0 Å². The summed E-state index contributed by atoms with van der Waals surface area (Å²) in [5.74, 6) is 6.75. The van der Waals surface area contributed by atoms with Crippen molar-refractivity contribution in [2.24, 2.45) is 17.7 Å². The van der Waals surface area contributed by atoms with Gasteiger partial charge in [-0.15, -0.1) is 0 Å². The molecule has 112 valence electrons. The van der Waals surface area contributed by atoms with Crippen LogP contribution < -0.4 is 11.3 Å². The second-order valence-electron chi connectivity index (χ2n) is 5.74. The number of nitrogens with two attached hydrogens (primary N) is 1. The van der Waals surface area contributed by atoms with Crippen molar-refractivity contribution in [2.45, 2.75) is 44.8 Å². The second-order valence-corrected chi connectivity index (χ2v) is 5.74. The number of alkyl halides is 3. The van der Waals surface area contributed by atoms with E-state index in [0.29, 0.717) is 18.3 Å². The molecule has 5 heteroatoms. The van der Waals surface area contributed by atoms with Gasteiger partial charge in [0.1, 0.15) is 0 Å². The monoisotopic (exact) mass is 286 g/mol. The van der Waals surface area contributed by atoms with Crippen molar-refractivity contribution in [3.63, 3.8) is 0 Å². The van der Waals surface area contributed by atoms with Gasteiger partial charge in [0.25, 0.3) is 0 Å². The molecule has 0 aliphatic heterocycles. The molecule has 0 aromatic heterocycles. The maximum atomic E-state index is 12.5. The number of benzene rings is 1. The molecule has 3 unspecified atom stereocenters. The van der Waals surface area contributed by atoms with Gasteiger partial charge in [0.05, 0.1) is 5.56 Å². The third-order valence-corrected chi connectivity index (χ3v) is 4.40. The molecule has 1 saturated carbocycles. The Kier molecular flexibility index (Phi) is 4.70. The van der Waals surface area contributed by atoms with E-state index in [1.54, 1.807) is 12.1 Å². The van der Waals surface area contributed by atoms with E-state index in [1.165, 1.54) is 12.8 Å². The average Bonchev–Trinajstić information content (AvgIpc) is 2.82. The molecule has 0 radical (unpaired) electrons. The SMILES string of the molecule is CC1CCCC1C(Cc1ccc(C(F)(F)F)cc1)NN. The summed E-state index contributed by atoms with van der Waals surface area (Å²) in [5.41, 5.74) is 3.13. The van der Waals surface area contributed by atoms with Crippen molar-refractivity contribution < 1.29 is 13.2 Å². The van der Waals surface area contributed by atoms with E-state index in [4.69, 9.17) is 5.84 Å². The molecule has 1 aromatic carbocycles. The van der Waals surface area contributed by atoms with E-state index in [0.717, 1.165) is 24.1 Å². The highest BCUT2D eigenvalue weighted by Crippen LogP contribution is 2.35. The average molecular weight is 286 g/mol. The van der Waals surface area contributed by atoms with Crippen LogP contribution in [-0.2, 0) is 12.6 Å². The molecule has 1 fully saturated rings. The largest absolute Gasteiger partial charge is 0.416 e. The van der Waals surface area contributed by atoms with Crippen molar-refractivity contribution in [3.05, 3.63) is 35.4 Å². The van der Waals surface area contributed by atoms with Gasteiger partial charge in [0.15, 0.2) is 0 Å². The van der Waals surface area contributed by atoms with E-state index < -0.39 is 11.7 Å². The molecule has 3 N–H and O–H groups in total. The minimum Gasteiger partial charge on any atom is -0.271 e. The maximum absolute atomic E-state index is 12.5. The Labute approximate surface area is 117 Å². The third kappa shape index (κ3) is 3.52. The third-order valence-electron chi connectivity index (χ3n) is 4.40. The summed E-state index contributed by atoms with van der Waals surface area (Å²) in [7, 11) is 0. The van der Waals surface area contributed by atoms with E-state index in [1.807, 2.05) is 0 Å². The molecule has 2 nitrogen and oxygen atoms in total. The summed E-state index contributed by atoms with van der Waals surface area (Å²) < 4.78 is 37.5. The van der Waals surface area contributed by atoms with Crippen molar-refractivity contribution in [1.29, 1.82) is 0 Å². The highest BCUT2D eigenvalue weighted by molar-refractivity contribution is 5.25. The van der Waals surface area contributed by atoms with Crippen LogP contribution in [-0.4, -0.2) is 6.04 Å². The van der Waals surface area contributed by atoms with Crippen LogP contribution in [0.2, 0.25) is 0 Å². The number of hydrogen-bond acceptors (Lipinski definition) is 2. The predicted octanol–water partition coefficient (Wildman–Crippen LogP) is 3.52. The van der Waals surface area contributed by atoms with Crippen LogP contribution in [0.1, 0.15) is 37.3 Å². The first kappa shape index (κ1) is 15.3. The van der Waals surface area contributed by atoms with Crippen molar-refractivity contribution in [1.82, 2.24) is 5.43 Å². The fourth-order valence-corrected chi connectivity index (χ4v) is 3.19. The number of hydrogen-bond donors (Lipinski definition) is 2. The normalized spacial score (nSPS) is 24.9. The zero-order chi connectivity index (χ0) is 14.8. The Morgan fingerprint density at radius 1 is 1.25 bits per heavy atom. The van der Waals surface area contributed by atoms with Gasteiger partial charge < -0.3 is 0 Å². The molecule has 0 bridgehead atoms. The maximum Gasteiger partial charge on any atom is 0.416 e. The Morgan fingerprint density at radius 2 is 1.90 bits per heavy atom. The molecule has 1 aromatic rings. The van der Waals surface area contributed by atoms with Crippen molar-refractivity contribution >= 4 is 0 Å². The Balaban J connectivity index is 2.04. The van der Waals surface area contributed by atoms with Gasteiger partial charge in [-0.2, -0.15) is 13.2 Å². The molecule has 0 spiro atoms. The van der Waals surface area contributed by atoms with Crippen LogP contribution in [0.15, 0.2) is 24.3 Å². The van der Waals surface area contributed by atoms with Gasteiger partial charge in [-0.05, 0) is 42.4 Å². The number of nitrogens with one attached hydrogen (secondary N) is 1. The summed E-state index contributed by atoms with van der Waals surface area (Å²) >= 11 is 0. The van der Waals surface area contributed by atoms with Gasteiger partial charge in [-0.1, -0.05) is 31.9 Å². The fraction of sp³-hybridized carbons (Fsp3) is 0.600. The van der Waals surface area contributed by atoms with E-state index >= 15 is 0 Å². The molecular weight excluding hydrogens is 265 g/mol. The van der Waals surface area contributed by atoms with Crippen molar-refractivity contribution in [3.8, 4) is 0 Å². The summed E-state index contributed by atoms with van der Waals surface area (Å²) in [6, 6.07) is 5.51. The molecule has 20 heavy (non-hydrogen) atoms. The van der Waals surface area contributed by atoms with Crippen LogP contribution in [0, 0.1) is 11.8 Å². The molecule has 2 rings (SSSR count). The fourth-order valence-electron chi connectivity index (χ4n) is 3.19. The van der Waals surface area contributed by atoms with Crippen LogP contribution in [0.5, 0.6) is 0 Å². The second kappa shape index (κ2) is 6.14. The number of hydrazine groups is 1. The summed E-state index contributed by atoms with van der Waals surface area (Å²) in [5, 5.41) is 0. The Hall–Kier alpha value is -1.07. The minimum atomic E-state index is -4.27. The lowest BCUT2D eigenvalue weighted by atomic mass is 9.87. The summed E-state index contributed by atoms with van der Waals surface area (Å²) in [6.07, 6.45) is -0.0583. The molecule has 0 saturated heterocycles.